The van der Waals surface area contributed by atoms with Crippen LogP contribution in [0.3, 0.4) is 0 Å². The van der Waals surface area contributed by atoms with Crippen LogP contribution in [0.15, 0.2) is 17.2 Å². The predicted octanol–water partition coefficient (Wildman–Crippen LogP) is 1.95. The van der Waals surface area contributed by atoms with Crippen molar-refractivity contribution >= 4 is 10.0 Å². The van der Waals surface area contributed by atoms with Crippen LogP contribution in [-0.2, 0) is 16.6 Å². The number of rotatable bonds is 4. The molecule has 0 spiro atoms. The Morgan fingerprint density at radius 2 is 1.95 bits per heavy atom. The molecular weight excluding hydrogens is 274 g/mol. The lowest BCUT2D eigenvalue weighted by Gasteiger charge is -2.29. The van der Waals surface area contributed by atoms with E-state index in [1.54, 1.807) is 16.6 Å². The third-order valence-corrected chi connectivity index (χ3v) is 5.92. The van der Waals surface area contributed by atoms with Gasteiger partial charge in [-0.05, 0) is 38.7 Å². The van der Waals surface area contributed by atoms with E-state index in [1.165, 1.54) is 0 Å². The van der Waals surface area contributed by atoms with Gasteiger partial charge in [0.05, 0.1) is 0 Å². The zero-order chi connectivity index (χ0) is 14.9. The van der Waals surface area contributed by atoms with Crippen LogP contribution < -0.4 is 5.73 Å². The van der Waals surface area contributed by atoms with Gasteiger partial charge in [0.15, 0.2) is 0 Å². The monoisotopic (exact) mass is 299 g/mol. The summed E-state index contributed by atoms with van der Waals surface area (Å²) in [4.78, 5) is 0.376. The van der Waals surface area contributed by atoms with Gasteiger partial charge in [-0.15, -0.1) is 0 Å². The zero-order valence-corrected chi connectivity index (χ0v) is 13.4. The molecule has 6 heteroatoms. The fourth-order valence-corrected chi connectivity index (χ4v) is 4.18. The summed E-state index contributed by atoms with van der Waals surface area (Å²) in [5, 5.41) is 0. The van der Waals surface area contributed by atoms with Crippen LogP contribution in [0.1, 0.15) is 45.3 Å². The highest BCUT2D eigenvalue weighted by Crippen LogP contribution is 2.26. The molecule has 1 fully saturated rings. The van der Waals surface area contributed by atoms with E-state index in [1.807, 2.05) is 18.4 Å². The Bertz CT molecular complexity index is 555. The molecule has 0 radical (unpaired) electrons. The first-order chi connectivity index (χ1) is 9.36. The molecule has 5 nitrogen and oxygen atoms in total. The summed E-state index contributed by atoms with van der Waals surface area (Å²) in [5.41, 5.74) is 6.58. The largest absolute Gasteiger partial charge is 0.346 e. The van der Waals surface area contributed by atoms with Crippen molar-refractivity contribution in [1.82, 2.24) is 8.87 Å². The summed E-state index contributed by atoms with van der Waals surface area (Å²) >= 11 is 0. The molecule has 2 N–H and O–H groups in total. The minimum Gasteiger partial charge on any atom is -0.346 e. The number of hydrogen-bond acceptors (Lipinski definition) is 3. The topological polar surface area (TPSA) is 68.3 Å². The molecule has 1 saturated heterocycles. The van der Waals surface area contributed by atoms with Crippen molar-refractivity contribution < 1.29 is 8.42 Å². The maximum absolute atomic E-state index is 12.7. The van der Waals surface area contributed by atoms with Crippen molar-refractivity contribution in [2.45, 2.75) is 51.1 Å². The Balaban J connectivity index is 2.30. The molecule has 1 aliphatic heterocycles. The number of nitrogens with two attached hydrogens (primary N) is 1. The molecule has 0 atom stereocenters. The molecule has 1 aliphatic rings. The van der Waals surface area contributed by atoms with Gasteiger partial charge in [-0.2, -0.15) is 4.31 Å². The van der Waals surface area contributed by atoms with Crippen molar-refractivity contribution in [2.75, 3.05) is 13.1 Å². The highest BCUT2D eigenvalue weighted by atomic mass is 32.2. The second-order valence-electron chi connectivity index (χ2n) is 5.96. The first kappa shape index (κ1) is 15.5. The van der Waals surface area contributed by atoms with E-state index >= 15 is 0 Å². The lowest BCUT2D eigenvalue weighted by atomic mass is 10.0. The normalized spacial score (nSPS) is 18.9. The number of aromatic nitrogens is 1. The summed E-state index contributed by atoms with van der Waals surface area (Å²) in [6.45, 7) is 7.81. The van der Waals surface area contributed by atoms with E-state index in [9.17, 15) is 8.42 Å². The van der Waals surface area contributed by atoms with Crippen molar-refractivity contribution in [1.29, 1.82) is 0 Å². The SMILES string of the molecule is CC1CCN(S(=O)(=O)c2cc(CN)n(C(C)C)c2)CC1. The van der Waals surface area contributed by atoms with Gasteiger partial charge in [-0.25, -0.2) is 8.42 Å². The summed E-state index contributed by atoms with van der Waals surface area (Å²) in [6, 6.07) is 1.92. The van der Waals surface area contributed by atoms with Crippen LogP contribution in [0.4, 0.5) is 0 Å². The molecular formula is C14H25N3O2S. The van der Waals surface area contributed by atoms with Crippen molar-refractivity contribution in [2.24, 2.45) is 11.7 Å². The molecule has 0 aromatic carbocycles. The van der Waals surface area contributed by atoms with Crippen LogP contribution >= 0.6 is 0 Å². The summed E-state index contributed by atoms with van der Waals surface area (Å²) in [7, 11) is -3.37. The maximum Gasteiger partial charge on any atom is 0.244 e. The zero-order valence-electron chi connectivity index (χ0n) is 12.5. The Kier molecular flexibility index (Phi) is 4.56. The number of sulfonamides is 1. The fourth-order valence-electron chi connectivity index (χ4n) is 2.66. The minimum atomic E-state index is -3.37. The third-order valence-electron chi connectivity index (χ3n) is 4.05. The Labute approximate surface area is 121 Å². The quantitative estimate of drug-likeness (QED) is 0.924. The second-order valence-corrected chi connectivity index (χ2v) is 7.90. The lowest BCUT2D eigenvalue weighted by Crippen LogP contribution is -2.37. The van der Waals surface area contributed by atoms with Crippen molar-refractivity contribution in [3.05, 3.63) is 18.0 Å². The molecule has 114 valence electrons. The number of piperidine rings is 1. The van der Waals surface area contributed by atoms with Crippen LogP contribution in [0.2, 0.25) is 0 Å². The molecule has 20 heavy (non-hydrogen) atoms. The van der Waals surface area contributed by atoms with Crippen LogP contribution in [0, 0.1) is 5.92 Å². The van der Waals surface area contributed by atoms with E-state index < -0.39 is 10.0 Å². The van der Waals surface area contributed by atoms with E-state index in [-0.39, 0.29) is 6.04 Å². The van der Waals surface area contributed by atoms with E-state index in [0.29, 0.717) is 30.4 Å². The van der Waals surface area contributed by atoms with Gasteiger partial charge >= 0.3 is 0 Å². The van der Waals surface area contributed by atoms with E-state index in [0.717, 1.165) is 18.5 Å². The average Bonchev–Trinajstić information content (AvgIpc) is 2.84. The van der Waals surface area contributed by atoms with Gasteiger partial charge in [0, 0.05) is 37.6 Å². The van der Waals surface area contributed by atoms with Gasteiger partial charge in [0.1, 0.15) is 4.90 Å². The Morgan fingerprint density at radius 3 is 2.40 bits per heavy atom. The number of nitrogens with zero attached hydrogens (tertiary/aromatic N) is 2. The van der Waals surface area contributed by atoms with Gasteiger partial charge in [-0.1, -0.05) is 6.92 Å². The van der Waals surface area contributed by atoms with Crippen LogP contribution in [0.25, 0.3) is 0 Å². The molecule has 2 rings (SSSR count). The first-order valence-corrected chi connectivity index (χ1v) is 8.71. The van der Waals surface area contributed by atoms with E-state index in [2.05, 4.69) is 6.92 Å². The summed E-state index contributed by atoms with van der Waals surface area (Å²) in [6.07, 6.45) is 3.60. The molecule has 0 aliphatic carbocycles. The predicted molar refractivity (Wildman–Crippen MR) is 79.9 cm³/mol. The van der Waals surface area contributed by atoms with Gasteiger partial charge < -0.3 is 10.3 Å². The number of hydrogen-bond donors (Lipinski definition) is 1. The van der Waals surface area contributed by atoms with Crippen LogP contribution in [0.5, 0.6) is 0 Å². The molecule has 2 heterocycles. The van der Waals surface area contributed by atoms with Gasteiger partial charge in [-0.3, -0.25) is 0 Å². The fraction of sp³-hybridized carbons (Fsp3) is 0.714. The third kappa shape index (κ3) is 2.92. The molecule has 0 saturated carbocycles. The Morgan fingerprint density at radius 1 is 1.35 bits per heavy atom. The highest BCUT2D eigenvalue weighted by Gasteiger charge is 2.29. The molecule has 0 unspecified atom stereocenters. The second kappa shape index (κ2) is 5.87. The molecule has 1 aromatic rings. The van der Waals surface area contributed by atoms with Crippen LogP contribution in [-0.4, -0.2) is 30.4 Å². The lowest BCUT2D eigenvalue weighted by molar-refractivity contribution is 0.288. The van der Waals surface area contributed by atoms with E-state index in [4.69, 9.17) is 5.73 Å². The Hall–Kier alpha value is -0.850. The average molecular weight is 299 g/mol. The van der Waals surface area contributed by atoms with Gasteiger partial charge in [0.25, 0.3) is 0 Å². The van der Waals surface area contributed by atoms with Gasteiger partial charge in [0.2, 0.25) is 10.0 Å². The maximum atomic E-state index is 12.7. The standard InChI is InChI=1S/C14H25N3O2S/c1-11(2)17-10-14(8-13(17)9-15)20(18,19)16-6-4-12(3)5-7-16/h8,10-12H,4-7,9,15H2,1-3H3. The summed E-state index contributed by atoms with van der Waals surface area (Å²) in [5.74, 6) is 0.612. The molecule has 0 amide bonds. The first-order valence-electron chi connectivity index (χ1n) is 7.27. The molecule has 1 aromatic heterocycles. The highest BCUT2D eigenvalue weighted by molar-refractivity contribution is 7.89. The summed E-state index contributed by atoms with van der Waals surface area (Å²) < 4.78 is 28.9. The van der Waals surface area contributed by atoms with Crippen molar-refractivity contribution in [3.8, 4) is 0 Å². The minimum absolute atomic E-state index is 0.207. The van der Waals surface area contributed by atoms with Crippen molar-refractivity contribution in [3.63, 3.8) is 0 Å². The molecule has 0 bridgehead atoms. The smallest absolute Gasteiger partial charge is 0.244 e.